The van der Waals surface area contributed by atoms with Crippen LogP contribution in [0.5, 0.6) is 5.75 Å². The number of benzene rings is 2. The van der Waals surface area contributed by atoms with Crippen LogP contribution in [0.3, 0.4) is 0 Å². The summed E-state index contributed by atoms with van der Waals surface area (Å²) in [4.78, 5) is 12.2. The Kier molecular flexibility index (Phi) is 6.09. The van der Waals surface area contributed by atoms with Crippen molar-refractivity contribution >= 4 is 39.1 Å². The molecule has 0 aliphatic carbocycles. The van der Waals surface area contributed by atoms with Gasteiger partial charge < -0.3 is 14.6 Å². The van der Waals surface area contributed by atoms with E-state index in [9.17, 15) is 13.2 Å². The minimum absolute atomic E-state index is 0.000383. The molecular formula is C18H19N5O4S2. The van der Waals surface area contributed by atoms with Gasteiger partial charge in [0.15, 0.2) is 5.16 Å². The van der Waals surface area contributed by atoms with Crippen molar-refractivity contribution in [3.05, 3.63) is 48.8 Å². The van der Waals surface area contributed by atoms with E-state index < -0.39 is 10.0 Å². The summed E-state index contributed by atoms with van der Waals surface area (Å²) < 4.78 is 34.9. The van der Waals surface area contributed by atoms with Crippen LogP contribution in [-0.4, -0.2) is 36.2 Å². The molecule has 29 heavy (non-hydrogen) atoms. The van der Waals surface area contributed by atoms with Gasteiger partial charge in [0.05, 0.1) is 17.7 Å². The predicted octanol–water partition coefficient (Wildman–Crippen LogP) is 2.73. The number of anilines is 2. The van der Waals surface area contributed by atoms with E-state index in [1.807, 2.05) is 7.05 Å². The smallest absolute Gasteiger partial charge is 0.261 e. The van der Waals surface area contributed by atoms with Crippen LogP contribution in [0.15, 0.2) is 63.7 Å². The molecule has 0 aliphatic heterocycles. The number of carbonyl (C=O) groups is 1. The molecule has 0 unspecified atom stereocenters. The Morgan fingerprint density at radius 3 is 2.48 bits per heavy atom. The van der Waals surface area contributed by atoms with E-state index in [1.165, 1.54) is 44.0 Å². The third kappa shape index (κ3) is 5.06. The first-order valence-electron chi connectivity index (χ1n) is 8.39. The number of aryl methyl sites for hydroxylation is 1. The van der Waals surface area contributed by atoms with Crippen molar-refractivity contribution in [3.63, 3.8) is 0 Å². The molecule has 1 aromatic heterocycles. The molecule has 0 aliphatic rings. The minimum Gasteiger partial charge on any atom is -0.495 e. The van der Waals surface area contributed by atoms with Gasteiger partial charge in [0, 0.05) is 24.6 Å². The second-order valence-electron chi connectivity index (χ2n) is 6.00. The molecule has 0 radical (unpaired) electrons. The van der Waals surface area contributed by atoms with Gasteiger partial charge in [-0.15, -0.1) is 10.2 Å². The summed E-state index contributed by atoms with van der Waals surface area (Å²) >= 11 is 1.41. The average molecular weight is 434 g/mol. The highest BCUT2D eigenvalue weighted by atomic mass is 32.2. The molecule has 0 spiro atoms. The van der Waals surface area contributed by atoms with Crippen LogP contribution in [0.4, 0.5) is 11.4 Å². The molecule has 11 heteroatoms. The van der Waals surface area contributed by atoms with E-state index in [1.54, 1.807) is 35.2 Å². The molecule has 9 nitrogen and oxygen atoms in total. The number of sulfonamides is 1. The summed E-state index contributed by atoms with van der Waals surface area (Å²) in [5.74, 6) is 0.0334. The van der Waals surface area contributed by atoms with E-state index in [-0.39, 0.29) is 16.5 Å². The van der Waals surface area contributed by atoms with Crippen molar-refractivity contribution in [2.75, 3.05) is 17.1 Å². The van der Waals surface area contributed by atoms with Gasteiger partial charge in [-0.1, -0.05) is 0 Å². The zero-order valence-corrected chi connectivity index (χ0v) is 17.5. The van der Waals surface area contributed by atoms with Crippen LogP contribution >= 0.6 is 11.8 Å². The van der Waals surface area contributed by atoms with Gasteiger partial charge in [-0.25, -0.2) is 8.42 Å². The molecule has 1 heterocycles. The fourth-order valence-corrected chi connectivity index (χ4v) is 4.26. The normalized spacial score (nSPS) is 11.1. The van der Waals surface area contributed by atoms with Crippen LogP contribution in [0.2, 0.25) is 0 Å². The topological polar surface area (TPSA) is 115 Å². The highest BCUT2D eigenvalue weighted by Crippen LogP contribution is 2.30. The van der Waals surface area contributed by atoms with Gasteiger partial charge in [-0.3, -0.25) is 9.52 Å². The van der Waals surface area contributed by atoms with E-state index in [4.69, 9.17) is 4.74 Å². The highest BCUT2D eigenvalue weighted by molar-refractivity contribution is 7.99. The Balaban J connectivity index is 1.78. The lowest BCUT2D eigenvalue weighted by atomic mass is 10.3. The lowest BCUT2D eigenvalue weighted by Crippen LogP contribution is -2.14. The Bertz CT molecular complexity index is 1130. The number of carbonyl (C=O) groups excluding carboxylic acids is 1. The summed E-state index contributed by atoms with van der Waals surface area (Å²) in [7, 11) is -0.576. The van der Waals surface area contributed by atoms with E-state index in [2.05, 4.69) is 20.2 Å². The summed E-state index contributed by atoms with van der Waals surface area (Å²) in [6.07, 6.45) is 1.61. The van der Waals surface area contributed by atoms with Gasteiger partial charge in [-0.05, 0) is 54.2 Å². The molecule has 3 rings (SSSR count). The third-order valence-electron chi connectivity index (χ3n) is 3.78. The molecule has 1 amide bonds. The van der Waals surface area contributed by atoms with Crippen LogP contribution in [0.1, 0.15) is 6.92 Å². The number of hydrogen-bond acceptors (Lipinski definition) is 7. The predicted molar refractivity (Wildman–Crippen MR) is 110 cm³/mol. The maximum absolute atomic E-state index is 12.7. The minimum atomic E-state index is -3.86. The summed E-state index contributed by atoms with van der Waals surface area (Å²) in [5, 5.41) is 11.1. The number of nitrogens with zero attached hydrogens (tertiary/aromatic N) is 3. The van der Waals surface area contributed by atoms with Gasteiger partial charge in [0.2, 0.25) is 5.91 Å². The fourth-order valence-electron chi connectivity index (χ4n) is 2.42. The van der Waals surface area contributed by atoms with Crippen LogP contribution in [-0.2, 0) is 21.9 Å². The first kappa shape index (κ1) is 20.7. The zero-order valence-electron chi connectivity index (χ0n) is 15.9. The number of nitrogens with one attached hydrogen (secondary N) is 2. The first-order valence-corrected chi connectivity index (χ1v) is 10.7. The van der Waals surface area contributed by atoms with Gasteiger partial charge in [-0.2, -0.15) is 0 Å². The number of methoxy groups -OCH3 is 1. The van der Waals surface area contributed by atoms with Crippen LogP contribution in [0, 0.1) is 0 Å². The summed E-state index contributed by atoms with van der Waals surface area (Å²) in [6.45, 7) is 1.33. The van der Waals surface area contributed by atoms with Crippen LogP contribution in [0.25, 0.3) is 0 Å². The number of hydrogen-bond donors (Lipinski definition) is 2. The monoisotopic (exact) mass is 433 g/mol. The molecule has 2 N–H and O–H groups in total. The zero-order chi connectivity index (χ0) is 21.0. The second-order valence-corrected chi connectivity index (χ2v) is 8.72. The molecule has 0 atom stereocenters. The van der Waals surface area contributed by atoms with Crippen molar-refractivity contribution < 1.29 is 17.9 Å². The molecule has 0 bridgehead atoms. The molecule has 0 fully saturated rings. The average Bonchev–Trinajstić information content (AvgIpc) is 3.07. The largest absolute Gasteiger partial charge is 0.495 e. The SMILES string of the molecule is COc1ccc(S(=O)(=O)Nc2ccc(Sc3nncn3C)cc2)cc1NC(C)=O. The summed E-state index contributed by atoms with van der Waals surface area (Å²) in [5.41, 5.74) is 0.683. The lowest BCUT2D eigenvalue weighted by Gasteiger charge is -2.13. The van der Waals surface area contributed by atoms with Crippen LogP contribution < -0.4 is 14.8 Å². The van der Waals surface area contributed by atoms with Crippen molar-refractivity contribution in [2.45, 2.75) is 21.9 Å². The quantitative estimate of drug-likeness (QED) is 0.589. The highest BCUT2D eigenvalue weighted by Gasteiger charge is 2.17. The number of amides is 1. The van der Waals surface area contributed by atoms with Gasteiger partial charge in [0.1, 0.15) is 12.1 Å². The number of rotatable bonds is 7. The number of ether oxygens (including phenoxy) is 1. The van der Waals surface area contributed by atoms with Crippen molar-refractivity contribution in [3.8, 4) is 5.75 Å². The van der Waals surface area contributed by atoms with Crippen molar-refractivity contribution in [2.24, 2.45) is 7.05 Å². The molecule has 0 saturated heterocycles. The fraction of sp³-hybridized carbons (Fsp3) is 0.167. The molecule has 152 valence electrons. The molecule has 3 aromatic rings. The van der Waals surface area contributed by atoms with Gasteiger partial charge in [0.25, 0.3) is 10.0 Å². The molecule has 2 aromatic carbocycles. The van der Waals surface area contributed by atoms with Gasteiger partial charge >= 0.3 is 0 Å². The standard InChI is InChI=1S/C18H19N5O4S2/c1-12(24)20-16-10-15(8-9-17(16)27-3)29(25,26)22-13-4-6-14(7-5-13)28-18-21-19-11-23(18)2/h4-11,22H,1-3H3,(H,20,24). The Labute approximate surface area is 172 Å². The van der Waals surface area contributed by atoms with E-state index in [0.717, 1.165) is 10.1 Å². The maximum Gasteiger partial charge on any atom is 0.261 e. The molecule has 0 saturated carbocycles. The Morgan fingerprint density at radius 1 is 1.17 bits per heavy atom. The van der Waals surface area contributed by atoms with E-state index >= 15 is 0 Å². The lowest BCUT2D eigenvalue weighted by molar-refractivity contribution is -0.114. The van der Waals surface area contributed by atoms with E-state index in [0.29, 0.717) is 11.4 Å². The van der Waals surface area contributed by atoms with Crippen molar-refractivity contribution in [1.82, 2.24) is 14.8 Å². The summed E-state index contributed by atoms with van der Waals surface area (Å²) in [6, 6.07) is 11.1. The second kappa shape index (κ2) is 8.53. The number of aromatic nitrogens is 3. The maximum atomic E-state index is 12.7. The first-order chi connectivity index (χ1) is 13.8. The Morgan fingerprint density at radius 2 is 1.90 bits per heavy atom. The molecular weight excluding hydrogens is 414 g/mol. The third-order valence-corrected chi connectivity index (χ3v) is 6.22. The Hall–Kier alpha value is -3.05. The van der Waals surface area contributed by atoms with Crippen molar-refractivity contribution in [1.29, 1.82) is 0 Å².